The first-order valence-corrected chi connectivity index (χ1v) is 6.30. The summed E-state index contributed by atoms with van der Waals surface area (Å²) in [5.41, 5.74) is 1.99. The van der Waals surface area contributed by atoms with Gasteiger partial charge in [-0.3, -0.25) is 9.48 Å². The Labute approximate surface area is 102 Å². The monoisotopic (exact) mass is 236 g/mol. The smallest absolute Gasteiger partial charge is 0.307 e. The van der Waals surface area contributed by atoms with Gasteiger partial charge in [0.05, 0.1) is 11.6 Å². The molecule has 1 atom stereocenters. The quantitative estimate of drug-likeness (QED) is 0.871. The van der Waals surface area contributed by atoms with Crippen molar-refractivity contribution in [2.75, 3.05) is 0 Å². The number of hydrogen-bond acceptors (Lipinski definition) is 2. The molecule has 1 aromatic heterocycles. The van der Waals surface area contributed by atoms with Crippen LogP contribution >= 0.6 is 0 Å². The number of aliphatic carboxylic acids is 1. The number of rotatable bonds is 4. The SMILES string of the molecule is Cc1cc(CC(C(=O)O)C2CCCC2)n(C)n1. The maximum atomic E-state index is 11.4. The molecule has 0 spiro atoms. The lowest BCUT2D eigenvalue weighted by atomic mass is 9.87. The molecule has 0 saturated heterocycles. The van der Waals surface area contributed by atoms with E-state index in [0.29, 0.717) is 12.3 Å². The molecule has 1 heterocycles. The zero-order chi connectivity index (χ0) is 12.4. The molecule has 1 N–H and O–H groups in total. The molecule has 1 aliphatic rings. The molecule has 4 heteroatoms. The van der Waals surface area contributed by atoms with E-state index in [1.165, 1.54) is 12.8 Å². The summed E-state index contributed by atoms with van der Waals surface area (Å²) in [6.45, 7) is 1.94. The third-order valence-corrected chi connectivity index (χ3v) is 3.81. The predicted octanol–water partition coefficient (Wildman–Crippen LogP) is 2.16. The Morgan fingerprint density at radius 3 is 2.71 bits per heavy atom. The molecule has 1 saturated carbocycles. The third-order valence-electron chi connectivity index (χ3n) is 3.81. The summed E-state index contributed by atoms with van der Waals surface area (Å²) < 4.78 is 1.81. The lowest BCUT2D eigenvalue weighted by Crippen LogP contribution is -2.25. The Morgan fingerprint density at radius 1 is 1.59 bits per heavy atom. The molecule has 0 radical (unpaired) electrons. The van der Waals surface area contributed by atoms with Crippen LogP contribution in [0.1, 0.15) is 37.1 Å². The molecule has 4 nitrogen and oxygen atoms in total. The highest BCUT2D eigenvalue weighted by molar-refractivity contribution is 5.70. The zero-order valence-corrected chi connectivity index (χ0v) is 10.5. The molecule has 1 fully saturated rings. The molecule has 94 valence electrons. The molecule has 1 aliphatic carbocycles. The minimum atomic E-state index is -0.657. The van der Waals surface area contributed by atoms with Gasteiger partial charge in [0.25, 0.3) is 0 Å². The van der Waals surface area contributed by atoms with E-state index < -0.39 is 5.97 Å². The number of carboxylic acids is 1. The van der Waals surface area contributed by atoms with Crippen LogP contribution in [-0.4, -0.2) is 20.9 Å². The largest absolute Gasteiger partial charge is 0.481 e. The molecule has 0 bridgehead atoms. The molecule has 0 aromatic carbocycles. The van der Waals surface area contributed by atoms with Gasteiger partial charge in [0.1, 0.15) is 0 Å². The first-order valence-electron chi connectivity index (χ1n) is 6.30. The highest BCUT2D eigenvalue weighted by Gasteiger charge is 2.31. The minimum absolute atomic E-state index is 0.243. The Hall–Kier alpha value is -1.32. The van der Waals surface area contributed by atoms with E-state index in [2.05, 4.69) is 5.10 Å². The molecule has 17 heavy (non-hydrogen) atoms. The Morgan fingerprint density at radius 2 is 2.24 bits per heavy atom. The van der Waals surface area contributed by atoms with Gasteiger partial charge in [0.15, 0.2) is 0 Å². The van der Waals surface area contributed by atoms with Gasteiger partial charge in [-0.2, -0.15) is 5.10 Å². The van der Waals surface area contributed by atoms with Gasteiger partial charge < -0.3 is 5.11 Å². The van der Waals surface area contributed by atoms with Crippen LogP contribution in [0.3, 0.4) is 0 Å². The van der Waals surface area contributed by atoms with Crippen molar-refractivity contribution >= 4 is 5.97 Å². The van der Waals surface area contributed by atoms with Gasteiger partial charge >= 0.3 is 5.97 Å². The van der Waals surface area contributed by atoms with E-state index in [4.69, 9.17) is 0 Å². The average Bonchev–Trinajstić information content (AvgIpc) is 2.84. The second-order valence-corrected chi connectivity index (χ2v) is 5.09. The van der Waals surface area contributed by atoms with Crippen LogP contribution in [0, 0.1) is 18.8 Å². The van der Waals surface area contributed by atoms with Crippen molar-refractivity contribution in [3.8, 4) is 0 Å². The van der Waals surface area contributed by atoms with E-state index >= 15 is 0 Å². The van der Waals surface area contributed by atoms with E-state index in [1.807, 2.05) is 20.0 Å². The van der Waals surface area contributed by atoms with E-state index in [1.54, 1.807) is 4.68 Å². The maximum absolute atomic E-state index is 11.4. The second-order valence-electron chi connectivity index (χ2n) is 5.09. The van der Waals surface area contributed by atoms with Crippen molar-refractivity contribution < 1.29 is 9.90 Å². The number of hydrogen-bond donors (Lipinski definition) is 1. The van der Waals surface area contributed by atoms with E-state index in [9.17, 15) is 9.90 Å². The van der Waals surface area contributed by atoms with Crippen LogP contribution in [0.5, 0.6) is 0 Å². The Kier molecular flexibility index (Phi) is 3.50. The van der Waals surface area contributed by atoms with Gasteiger partial charge in [-0.05, 0) is 31.7 Å². The number of nitrogens with zero attached hydrogens (tertiary/aromatic N) is 2. The summed E-state index contributed by atoms with van der Waals surface area (Å²) in [6, 6.07) is 1.99. The summed E-state index contributed by atoms with van der Waals surface area (Å²) in [4.78, 5) is 11.4. The maximum Gasteiger partial charge on any atom is 0.307 e. The van der Waals surface area contributed by atoms with Crippen molar-refractivity contribution in [3.63, 3.8) is 0 Å². The standard InChI is InChI=1S/C13H20N2O2/c1-9-7-11(15(2)14-9)8-12(13(16)17)10-5-3-4-6-10/h7,10,12H,3-6,8H2,1-2H3,(H,16,17). The van der Waals surface area contributed by atoms with Gasteiger partial charge in [-0.25, -0.2) is 0 Å². The fourth-order valence-corrected chi connectivity index (χ4v) is 2.90. The summed E-state index contributed by atoms with van der Waals surface area (Å²) >= 11 is 0. The highest BCUT2D eigenvalue weighted by Crippen LogP contribution is 2.33. The summed E-state index contributed by atoms with van der Waals surface area (Å²) in [6.07, 6.45) is 5.09. The Balaban J connectivity index is 2.12. The van der Waals surface area contributed by atoms with Gasteiger partial charge in [0, 0.05) is 19.2 Å². The lowest BCUT2D eigenvalue weighted by molar-refractivity contribution is -0.143. The van der Waals surface area contributed by atoms with Gasteiger partial charge in [0.2, 0.25) is 0 Å². The van der Waals surface area contributed by atoms with Crippen LogP contribution in [0.2, 0.25) is 0 Å². The molecule has 1 unspecified atom stereocenters. The lowest BCUT2D eigenvalue weighted by Gasteiger charge is -2.18. The van der Waals surface area contributed by atoms with Crippen molar-refractivity contribution in [3.05, 3.63) is 17.5 Å². The average molecular weight is 236 g/mol. The summed E-state index contributed by atoms with van der Waals surface area (Å²) in [7, 11) is 1.88. The molecular weight excluding hydrogens is 216 g/mol. The fraction of sp³-hybridized carbons (Fsp3) is 0.692. The van der Waals surface area contributed by atoms with Crippen molar-refractivity contribution in [2.45, 2.75) is 39.0 Å². The third kappa shape index (κ3) is 2.68. The van der Waals surface area contributed by atoms with Crippen LogP contribution in [-0.2, 0) is 18.3 Å². The van der Waals surface area contributed by atoms with Crippen LogP contribution in [0.4, 0.5) is 0 Å². The first kappa shape index (κ1) is 12.1. The zero-order valence-electron chi connectivity index (χ0n) is 10.5. The van der Waals surface area contributed by atoms with Crippen molar-refractivity contribution in [1.29, 1.82) is 0 Å². The molecule has 1 aromatic rings. The summed E-state index contributed by atoms with van der Waals surface area (Å²) in [5, 5.41) is 13.6. The summed E-state index contributed by atoms with van der Waals surface area (Å²) in [5.74, 6) is -0.550. The first-order chi connectivity index (χ1) is 8.08. The van der Waals surface area contributed by atoms with Crippen LogP contribution < -0.4 is 0 Å². The van der Waals surface area contributed by atoms with E-state index in [0.717, 1.165) is 24.2 Å². The highest BCUT2D eigenvalue weighted by atomic mass is 16.4. The molecular formula is C13H20N2O2. The van der Waals surface area contributed by atoms with Crippen LogP contribution in [0.15, 0.2) is 6.07 Å². The number of carboxylic acid groups (broad SMARTS) is 1. The van der Waals surface area contributed by atoms with Gasteiger partial charge in [-0.15, -0.1) is 0 Å². The topological polar surface area (TPSA) is 55.1 Å². The van der Waals surface area contributed by atoms with Crippen LogP contribution in [0.25, 0.3) is 0 Å². The number of aromatic nitrogens is 2. The number of carbonyl (C=O) groups is 1. The molecule has 2 rings (SSSR count). The second kappa shape index (κ2) is 4.90. The minimum Gasteiger partial charge on any atom is -0.481 e. The normalized spacial score (nSPS) is 18.5. The van der Waals surface area contributed by atoms with Crippen molar-refractivity contribution in [1.82, 2.24) is 9.78 Å². The van der Waals surface area contributed by atoms with Crippen molar-refractivity contribution in [2.24, 2.45) is 18.9 Å². The molecule has 0 aliphatic heterocycles. The molecule has 0 amide bonds. The fourth-order valence-electron chi connectivity index (χ4n) is 2.90. The predicted molar refractivity (Wildman–Crippen MR) is 64.7 cm³/mol. The van der Waals surface area contributed by atoms with E-state index in [-0.39, 0.29) is 5.92 Å². The Bertz CT molecular complexity index is 406. The number of aryl methyl sites for hydroxylation is 2. The van der Waals surface area contributed by atoms with Gasteiger partial charge in [-0.1, -0.05) is 12.8 Å².